The van der Waals surface area contributed by atoms with E-state index in [0.29, 0.717) is 19.3 Å². The lowest BCUT2D eigenvalue weighted by atomic mass is 9.45. The number of aliphatic hydroxyl groups excluding tert-OH is 2. The Morgan fingerprint density at radius 3 is 2.33 bits per heavy atom. The van der Waals surface area contributed by atoms with Gasteiger partial charge in [0, 0.05) is 17.9 Å². The highest BCUT2D eigenvalue weighted by Gasteiger charge is 2.68. The number of aliphatic hydroxyl groups is 3. The third-order valence-electron chi connectivity index (χ3n) is 12.8. The van der Waals surface area contributed by atoms with Gasteiger partial charge in [0.1, 0.15) is 12.2 Å². The van der Waals surface area contributed by atoms with Crippen LogP contribution in [0.2, 0.25) is 0 Å². The summed E-state index contributed by atoms with van der Waals surface area (Å²) in [5.41, 5.74) is 3.86. The van der Waals surface area contributed by atoms with Crippen molar-refractivity contribution in [3.05, 3.63) is 70.4 Å². The molecule has 0 saturated heterocycles. The van der Waals surface area contributed by atoms with Crippen LogP contribution in [0.25, 0.3) is 0 Å². The molecule has 5 rings (SSSR count). The number of hydrogen-bond donors (Lipinski definition) is 4. The summed E-state index contributed by atoms with van der Waals surface area (Å²) < 4.78 is 0. The molecule has 0 aliphatic heterocycles. The molecule has 0 spiro atoms. The van der Waals surface area contributed by atoms with Crippen molar-refractivity contribution in [2.75, 3.05) is 6.61 Å². The van der Waals surface area contributed by atoms with E-state index in [-0.39, 0.29) is 34.4 Å². The first-order valence-corrected chi connectivity index (χ1v) is 17.8. The molecule has 0 bridgehead atoms. The highest BCUT2D eigenvalue weighted by molar-refractivity contribution is 5.92. The van der Waals surface area contributed by atoms with E-state index < -0.39 is 35.5 Å². The second kappa shape index (κ2) is 14.5. The summed E-state index contributed by atoms with van der Waals surface area (Å²) in [7, 11) is 0. The number of carbonyl (C=O) groups excluding carboxylic acids is 2. The van der Waals surface area contributed by atoms with E-state index in [1.54, 1.807) is 19.1 Å². The minimum atomic E-state index is -1.54. The molecule has 7 atom stereocenters. The van der Waals surface area contributed by atoms with Crippen LogP contribution in [0.4, 0.5) is 0 Å². The molecular formula is C41H58O7. The highest BCUT2D eigenvalue weighted by atomic mass is 16.4. The van der Waals surface area contributed by atoms with Crippen LogP contribution in [0.15, 0.2) is 70.4 Å². The monoisotopic (exact) mass is 662 g/mol. The van der Waals surface area contributed by atoms with Crippen molar-refractivity contribution in [2.24, 2.45) is 34.0 Å². The molecule has 0 radical (unpaired) electrons. The lowest BCUT2D eigenvalue weighted by Crippen LogP contribution is -2.62. The molecule has 0 aromatic heterocycles. The first kappa shape index (κ1) is 37.9. The first-order chi connectivity index (χ1) is 22.4. The van der Waals surface area contributed by atoms with Gasteiger partial charge in [0.15, 0.2) is 11.6 Å². The molecule has 0 heterocycles. The Balaban J connectivity index is 0.000000221. The zero-order valence-electron chi connectivity index (χ0n) is 30.1. The van der Waals surface area contributed by atoms with Crippen LogP contribution in [0.5, 0.6) is 0 Å². The molecule has 264 valence electrons. The Morgan fingerprint density at radius 2 is 1.69 bits per heavy atom. The number of carbonyl (C=O) groups is 3. The largest absolute Gasteiger partial charge is 0.478 e. The Hall–Kier alpha value is -2.87. The summed E-state index contributed by atoms with van der Waals surface area (Å²) in [5.74, 6) is -0.772. The van der Waals surface area contributed by atoms with Gasteiger partial charge >= 0.3 is 5.97 Å². The maximum atomic E-state index is 12.4. The maximum Gasteiger partial charge on any atom is 0.328 e. The molecule has 7 heteroatoms. The summed E-state index contributed by atoms with van der Waals surface area (Å²) in [4.78, 5) is 34.8. The molecule has 5 aliphatic carbocycles. The lowest BCUT2D eigenvalue weighted by Gasteiger charge is -2.60. The summed E-state index contributed by atoms with van der Waals surface area (Å²) in [6, 6.07) is 0. The number of carboxylic acid groups (broad SMARTS) is 1. The van der Waals surface area contributed by atoms with Crippen molar-refractivity contribution >= 4 is 17.5 Å². The fourth-order valence-electron chi connectivity index (χ4n) is 10.2. The van der Waals surface area contributed by atoms with Gasteiger partial charge in [-0.1, -0.05) is 74.8 Å². The quantitative estimate of drug-likeness (QED) is 0.165. The standard InChI is InChI=1S/C21H30O5.C20H28O2/c1-19-7-5-13(23)9-12(19)3-4-14-15-6-8-21(26,17(25)11-22)20(15,2)10-16(24)18(14)19;1-15(8-6-9-16(2)14-19(21)22)11-12-18-17(3)10-7-13-20(18,4)5/h9,14-16,18,22,24,26H,3-8,10-11H2,1-2H3;6,8-9,11-12,14H,7,10,13H2,1-5H3,(H,21,22)/b;9-6+,12-11+,15-8+,16-14+/t14-,15-,16-,18+,19-,20-,21-;/m0./s1. The number of hydrogen-bond acceptors (Lipinski definition) is 6. The predicted molar refractivity (Wildman–Crippen MR) is 189 cm³/mol. The van der Waals surface area contributed by atoms with E-state index in [0.717, 1.165) is 36.8 Å². The van der Waals surface area contributed by atoms with Gasteiger partial charge in [-0.05, 0) is 124 Å². The van der Waals surface area contributed by atoms with E-state index in [9.17, 15) is 29.7 Å². The maximum absolute atomic E-state index is 12.4. The van der Waals surface area contributed by atoms with Crippen molar-refractivity contribution in [3.8, 4) is 0 Å². The van der Waals surface area contributed by atoms with Crippen molar-refractivity contribution < 1.29 is 34.8 Å². The molecule has 7 nitrogen and oxygen atoms in total. The fraction of sp³-hybridized carbons (Fsp3) is 0.634. The van der Waals surface area contributed by atoms with Gasteiger partial charge in [-0.25, -0.2) is 4.79 Å². The van der Waals surface area contributed by atoms with Crippen molar-refractivity contribution in [2.45, 2.75) is 124 Å². The lowest BCUT2D eigenvalue weighted by molar-refractivity contribution is -0.182. The number of Topliss-reactive ketones (excluding diaryl/α,β-unsaturated/α-hetero) is 1. The highest BCUT2D eigenvalue weighted by Crippen LogP contribution is 2.67. The van der Waals surface area contributed by atoms with Crippen LogP contribution in [0.1, 0.15) is 113 Å². The number of aliphatic carboxylic acids is 1. The Labute approximate surface area is 287 Å². The van der Waals surface area contributed by atoms with Crippen LogP contribution in [0, 0.1) is 34.0 Å². The van der Waals surface area contributed by atoms with Crippen molar-refractivity contribution in [3.63, 3.8) is 0 Å². The van der Waals surface area contributed by atoms with E-state index in [4.69, 9.17) is 5.11 Å². The van der Waals surface area contributed by atoms with Gasteiger partial charge in [0.25, 0.3) is 0 Å². The van der Waals surface area contributed by atoms with E-state index in [1.807, 2.05) is 19.1 Å². The Morgan fingerprint density at radius 1 is 0.979 bits per heavy atom. The topological polar surface area (TPSA) is 132 Å². The third-order valence-corrected chi connectivity index (χ3v) is 12.8. The smallest absolute Gasteiger partial charge is 0.328 e. The molecular weight excluding hydrogens is 604 g/mol. The molecule has 0 aromatic rings. The zero-order valence-corrected chi connectivity index (χ0v) is 30.1. The summed E-state index contributed by atoms with van der Waals surface area (Å²) in [6.07, 6.45) is 20.7. The number of fused-ring (bicyclic) bond motifs is 5. The fourth-order valence-corrected chi connectivity index (χ4v) is 10.2. The van der Waals surface area contributed by atoms with E-state index >= 15 is 0 Å². The van der Waals surface area contributed by atoms with Crippen LogP contribution in [-0.2, 0) is 14.4 Å². The summed E-state index contributed by atoms with van der Waals surface area (Å²) >= 11 is 0. The Bertz CT molecular complexity index is 1470. The predicted octanol–water partition coefficient (Wildman–Crippen LogP) is 7.38. The third kappa shape index (κ3) is 7.34. The van der Waals surface area contributed by atoms with Crippen molar-refractivity contribution in [1.29, 1.82) is 0 Å². The van der Waals surface area contributed by atoms with Crippen LogP contribution in [-0.4, -0.2) is 56.3 Å². The van der Waals surface area contributed by atoms with E-state index in [2.05, 4.69) is 46.8 Å². The molecule has 0 amide bonds. The van der Waals surface area contributed by atoms with Gasteiger partial charge in [0.2, 0.25) is 0 Å². The summed E-state index contributed by atoms with van der Waals surface area (Å²) in [5, 5.41) is 40.4. The minimum absolute atomic E-state index is 0.0697. The van der Waals surface area contributed by atoms with Crippen LogP contribution >= 0.6 is 0 Å². The van der Waals surface area contributed by atoms with Crippen LogP contribution in [0.3, 0.4) is 0 Å². The number of carboxylic acids is 1. The average molecular weight is 663 g/mol. The zero-order chi connectivity index (χ0) is 35.7. The van der Waals surface area contributed by atoms with Crippen LogP contribution < -0.4 is 0 Å². The van der Waals surface area contributed by atoms with Gasteiger partial charge in [-0.2, -0.15) is 0 Å². The number of rotatable bonds is 7. The number of ketones is 2. The minimum Gasteiger partial charge on any atom is -0.478 e. The average Bonchev–Trinajstić information content (AvgIpc) is 3.26. The molecule has 4 N–H and O–H groups in total. The molecule has 3 saturated carbocycles. The normalized spacial score (nSPS) is 36.6. The second-order valence-electron chi connectivity index (χ2n) is 16.3. The molecule has 48 heavy (non-hydrogen) atoms. The SMILES string of the molecule is CC1=C(/C=C/C(C)=C/C=C/C(C)=C/C(=O)O)C(C)(C)CCC1.C[C@]12CCC(=O)C=C1CC[C@@H]1[C@@H]2[C@@H](O)C[C@@]2(C)[C@H]1CC[C@]2(O)C(=O)CO. The van der Waals surface area contributed by atoms with Gasteiger partial charge < -0.3 is 20.4 Å². The number of allylic oxidation sites excluding steroid dienone is 10. The van der Waals surface area contributed by atoms with E-state index in [1.165, 1.54) is 42.1 Å². The molecule has 0 aromatic carbocycles. The molecule has 0 unspecified atom stereocenters. The Kier molecular flexibility index (Phi) is 11.5. The molecule has 5 aliphatic rings. The first-order valence-electron chi connectivity index (χ1n) is 17.8. The second-order valence-corrected chi connectivity index (χ2v) is 16.3. The van der Waals surface area contributed by atoms with Gasteiger partial charge in [-0.15, -0.1) is 0 Å². The van der Waals surface area contributed by atoms with Gasteiger partial charge in [0.05, 0.1) is 6.10 Å². The van der Waals surface area contributed by atoms with Gasteiger partial charge in [-0.3, -0.25) is 9.59 Å². The summed E-state index contributed by atoms with van der Waals surface area (Å²) in [6.45, 7) is 14.2. The van der Waals surface area contributed by atoms with Crippen molar-refractivity contribution in [1.82, 2.24) is 0 Å². The molecule has 3 fully saturated rings.